The highest BCUT2D eigenvalue weighted by Crippen LogP contribution is 2.17. The summed E-state index contributed by atoms with van der Waals surface area (Å²) in [5.41, 5.74) is 6.71. The van der Waals surface area contributed by atoms with Gasteiger partial charge in [0.05, 0.1) is 13.2 Å². The van der Waals surface area contributed by atoms with Crippen molar-refractivity contribution in [1.29, 1.82) is 0 Å². The molecular weight excluding hydrogens is 270 g/mol. The molecule has 20 heavy (non-hydrogen) atoms. The molecule has 0 atom stereocenters. The number of hydrogen-bond donors (Lipinski definition) is 1. The van der Waals surface area contributed by atoms with Gasteiger partial charge in [-0.05, 0) is 17.5 Å². The second kappa shape index (κ2) is 8.74. The Hall–Kier alpha value is -1.36. The normalized spacial score (nSPS) is 10.7. The minimum Gasteiger partial charge on any atom is -0.493 e. The molecule has 0 saturated heterocycles. The number of hydrogen-bond acceptors (Lipinski definition) is 4. The summed E-state index contributed by atoms with van der Waals surface area (Å²) < 4.78 is 11.3. The molecule has 0 saturated carbocycles. The van der Waals surface area contributed by atoms with Crippen LogP contribution in [0, 0.1) is 0 Å². The third-order valence-corrected chi connectivity index (χ3v) is 3.89. The molecule has 2 aromatic rings. The number of ether oxygens (including phenoxy) is 2. The van der Waals surface area contributed by atoms with E-state index in [1.165, 1.54) is 4.88 Å². The van der Waals surface area contributed by atoms with E-state index < -0.39 is 0 Å². The fourth-order valence-corrected chi connectivity index (χ4v) is 2.58. The van der Waals surface area contributed by atoms with Crippen LogP contribution >= 0.6 is 11.3 Å². The van der Waals surface area contributed by atoms with Gasteiger partial charge in [-0.2, -0.15) is 0 Å². The van der Waals surface area contributed by atoms with Gasteiger partial charge in [-0.15, -0.1) is 11.3 Å². The lowest BCUT2D eigenvalue weighted by molar-refractivity contribution is 0.122. The molecule has 1 aromatic heterocycles. The van der Waals surface area contributed by atoms with Gasteiger partial charge in [0.25, 0.3) is 0 Å². The van der Waals surface area contributed by atoms with Crippen molar-refractivity contribution < 1.29 is 9.47 Å². The zero-order valence-electron chi connectivity index (χ0n) is 11.6. The quantitative estimate of drug-likeness (QED) is 0.721. The first-order valence-corrected chi connectivity index (χ1v) is 7.79. The standard InChI is InChI=1S/C16H21NO2S/c17-13-14-5-1-2-7-16(14)19-10-4-9-18-11-8-15-6-3-12-20-15/h1-3,5-7,12H,4,8-11,13,17H2. The second-order valence-corrected chi connectivity index (χ2v) is 5.49. The molecule has 1 heterocycles. The van der Waals surface area contributed by atoms with Crippen molar-refractivity contribution in [3.05, 3.63) is 52.2 Å². The molecule has 0 radical (unpaired) electrons. The van der Waals surface area contributed by atoms with Gasteiger partial charge >= 0.3 is 0 Å². The third-order valence-electron chi connectivity index (χ3n) is 2.96. The van der Waals surface area contributed by atoms with Gasteiger partial charge in [0.1, 0.15) is 5.75 Å². The van der Waals surface area contributed by atoms with Crippen LogP contribution in [0.4, 0.5) is 0 Å². The van der Waals surface area contributed by atoms with E-state index in [4.69, 9.17) is 15.2 Å². The molecule has 0 spiro atoms. The lowest BCUT2D eigenvalue weighted by atomic mass is 10.2. The summed E-state index contributed by atoms with van der Waals surface area (Å²) >= 11 is 1.78. The Morgan fingerprint density at radius 2 is 1.90 bits per heavy atom. The summed E-state index contributed by atoms with van der Waals surface area (Å²) in [4.78, 5) is 1.37. The molecule has 1 aromatic carbocycles. The van der Waals surface area contributed by atoms with Crippen molar-refractivity contribution in [2.75, 3.05) is 19.8 Å². The monoisotopic (exact) mass is 291 g/mol. The molecule has 0 aliphatic heterocycles. The lowest BCUT2D eigenvalue weighted by Gasteiger charge is -2.10. The average molecular weight is 291 g/mol. The summed E-state index contributed by atoms with van der Waals surface area (Å²) in [6, 6.07) is 12.1. The number of benzene rings is 1. The van der Waals surface area contributed by atoms with Crippen molar-refractivity contribution in [3.63, 3.8) is 0 Å². The molecule has 0 aliphatic rings. The first-order valence-electron chi connectivity index (χ1n) is 6.91. The molecule has 0 aliphatic carbocycles. The van der Waals surface area contributed by atoms with Gasteiger partial charge in [-0.1, -0.05) is 24.3 Å². The van der Waals surface area contributed by atoms with Crippen LogP contribution in [0.5, 0.6) is 5.75 Å². The van der Waals surface area contributed by atoms with Gasteiger partial charge < -0.3 is 15.2 Å². The van der Waals surface area contributed by atoms with Gasteiger partial charge in [0.2, 0.25) is 0 Å². The predicted octanol–water partition coefficient (Wildman–Crippen LogP) is 3.24. The number of para-hydroxylation sites is 1. The molecule has 3 nitrogen and oxygen atoms in total. The minimum absolute atomic E-state index is 0.507. The smallest absolute Gasteiger partial charge is 0.123 e. The molecule has 0 bridgehead atoms. The van der Waals surface area contributed by atoms with Crippen LogP contribution in [0.15, 0.2) is 41.8 Å². The molecule has 4 heteroatoms. The molecule has 0 unspecified atom stereocenters. The number of thiophene rings is 1. The van der Waals surface area contributed by atoms with Crippen molar-refractivity contribution in [2.45, 2.75) is 19.4 Å². The largest absolute Gasteiger partial charge is 0.493 e. The van der Waals surface area contributed by atoms with Crippen LogP contribution in [0.1, 0.15) is 16.9 Å². The Labute approximate surface area is 124 Å². The summed E-state index contributed by atoms with van der Waals surface area (Å²) in [6.45, 7) is 2.68. The van der Waals surface area contributed by atoms with Crippen LogP contribution in [-0.2, 0) is 17.7 Å². The zero-order valence-corrected chi connectivity index (χ0v) is 12.4. The van der Waals surface area contributed by atoms with E-state index in [-0.39, 0.29) is 0 Å². The van der Waals surface area contributed by atoms with Crippen molar-refractivity contribution in [1.82, 2.24) is 0 Å². The van der Waals surface area contributed by atoms with Crippen molar-refractivity contribution in [2.24, 2.45) is 5.73 Å². The fourth-order valence-electron chi connectivity index (χ4n) is 1.89. The van der Waals surface area contributed by atoms with Crippen LogP contribution in [0.3, 0.4) is 0 Å². The van der Waals surface area contributed by atoms with Gasteiger partial charge in [-0.25, -0.2) is 0 Å². The highest BCUT2D eigenvalue weighted by Gasteiger charge is 2.00. The van der Waals surface area contributed by atoms with E-state index in [0.717, 1.165) is 37.4 Å². The molecule has 2 rings (SSSR count). The average Bonchev–Trinajstić information content (AvgIpc) is 3.00. The molecule has 0 fully saturated rings. The molecule has 0 amide bonds. The Morgan fingerprint density at radius 1 is 1.00 bits per heavy atom. The first-order chi connectivity index (χ1) is 9.90. The number of rotatable bonds is 9. The highest BCUT2D eigenvalue weighted by molar-refractivity contribution is 7.09. The maximum Gasteiger partial charge on any atom is 0.123 e. The maximum atomic E-state index is 5.72. The van der Waals surface area contributed by atoms with Crippen LogP contribution in [0.2, 0.25) is 0 Å². The van der Waals surface area contributed by atoms with E-state index in [1.807, 2.05) is 24.3 Å². The minimum atomic E-state index is 0.507. The van der Waals surface area contributed by atoms with Gasteiger partial charge in [0.15, 0.2) is 0 Å². The topological polar surface area (TPSA) is 44.5 Å². The van der Waals surface area contributed by atoms with E-state index in [1.54, 1.807) is 11.3 Å². The van der Waals surface area contributed by atoms with Crippen LogP contribution in [0.25, 0.3) is 0 Å². The summed E-state index contributed by atoms with van der Waals surface area (Å²) in [7, 11) is 0. The SMILES string of the molecule is NCc1ccccc1OCCCOCCc1cccs1. The van der Waals surface area contributed by atoms with Crippen LogP contribution < -0.4 is 10.5 Å². The summed E-state index contributed by atoms with van der Waals surface area (Å²) in [5.74, 6) is 0.883. The fraction of sp³-hybridized carbons (Fsp3) is 0.375. The van der Waals surface area contributed by atoms with Crippen molar-refractivity contribution in [3.8, 4) is 5.75 Å². The Morgan fingerprint density at radius 3 is 2.70 bits per heavy atom. The summed E-state index contributed by atoms with van der Waals surface area (Å²) in [5, 5.41) is 2.10. The van der Waals surface area contributed by atoms with Gasteiger partial charge in [0, 0.05) is 36.4 Å². The Balaban J connectivity index is 1.55. The third kappa shape index (κ3) is 4.96. The number of nitrogens with two attached hydrogens (primary N) is 1. The van der Waals surface area contributed by atoms with E-state index in [2.05, 4.69) is 17.5 Å². The van der Waals surface area contributed by atoms with E-state index in [9.17, 15) is 0 Å². The lowest BCUT2D eigenvalue weighted by Crippen LogP contribution is -2.07. The maximum absolute atomic E-state index is 5.72. The highest BCUT2D eigenvalue weighted by atomic mass is 32.1. The Kier molecular flexibility index (Phi) is 6.57. The van der Waals surface area contributed by atoms with E-state index in [0.29, 0.717) is 13.2 Å². The Bertz CT molecular complexity index is 485. The van der Waals surface area contributed by atoms with Crippen LogP contribution in [-0.4, -0.2) is 19.8 Å². The summed E-state index contributed by atoms with van der Waals surface area (Å²) in [6.07, 6.45) is 1.89. The molecule has 2 N–H and O–H groups in total. The molecular formula is C16H21NO2S. The van der Waals surface area contributed by atoms with E-state index >= 15 is 0 Å². The molecule has 108 valence electrons. The van der Waals surface area contributed by atoms with Crippen molar-refractivity contribution >= 4 is 11.3 Å². The second-order valence-electron chi connectivity index (χ2n) is 4.46. The first kappa shape index (κ1) is 15.0. The zero-order chi connectivity index (χ0) is 14.0. The van der Waals surface area contributed by atoms with Gasteiger partial charge in [-0.3, -0.25) is 0 Å². The predicted molar refractivity (Wildman–Crippen MR) is 83.3 cm³/mol.